The molecule has 0 N–H and O–H groups in total. The smallest absolute Gasteiger partial charge is 0.203 e. The van der Waals surface area contributed by atoms with Gasteiger partial charge in [0.2, 0.25) is 5.75 Å². The highest BCUT2D eigenvalue weighted by molar-refractivity contribution is 5.82. The Morgan fingerprint density at radius 2 is 1.67 bits per heavy atom. The molecule has 1 aromatic rings. The molecule has 0 heterocycles. The highest BCUT2D eigenvalue weighted by Gasteiger charge is 2.22. The quantitative estimate of drug-likeness (QED) is 0.804. The topological polar surface area (TPSA) is 44.8 Å². The monoisotopic (exact) mass is 292 g/mol. The second kappa shape index (κ2) is 7.34. The minimum absolute atomic E-state index is 0.0838. The van der Waals surface area contributed by atoms with Gasteiger partial charge in [-0.1, -0.05) is 19.3 Å². The SMILES string of the molecule is COc1cc(C)cc(OC)c1OCC(=O)C1CCCCC1. The van der Waals surface area contributed by atoms with Gasteiger partial charge in [-0.2, -0.15) is 0 Å². The van der Waals surface area contributed by atoms with Gasteiger partial charge in [0.15, 0.2) is 17.3 Å². The Kier molecular flexibility index (Phi) is 5.48. The minimum atomic E-state index is 0.0838. The summed E-state index contributed by atoms with van der Waals surface area (Å²) in [6, 6.07) is 3.76. The number of carbonyl (C=O) groups is 1. The Morgan fingerprint density at radius 1 is 1.10 bits per heavy atom. The predicted molar refractivity (Wildman–Crippen MR) is 81.4 cm³/mol. The lowest BCUT2D eigenvalue weighted by atomic mass is 9.86. The lowest BCUT2D eigenvalue weighted by Gasteiger charge is -2.21. The third kappa shape index (κ3) is 3.90. The molecule has 0 radical (unpaired) electrons. The molecule has 1 aliphatic carbocycles. The van der Waals surface area contributed by atoms with Crippen molar-refractivity contribution in [3.63, 3.8) is 0 Å². The van der Waals surface area contributed by atoms with Crippen LogP contribution in [0.1, 0.15) is 37.7 Å². The van der Waals surface area contributed by atoms with Crippen LogP contribution in [0.3, 0.4) is 0 Å². The van der Waals surface area contributed by atoms with Gasteiger partial charge in [-0.25, -0.2) is 0 Å². The Labute approximate surface area is 126 Å². The summed E-state index contributed by atoms with van der Waals surface area (Å²) in [5, 5.41) is 0. The van der Waals surface area contributed by atoms with Crippen molar-refractivity contribution in [1.82, 2.24) is 0 Å². The fourth-order valence-electron chi connectivity index (χ4n) is 2.84. The zero-order valence-corrected chi connectivity index (χ0v) is 13.1. The number of hydrogen-bond acceptors (Lipinski definition) is 4. The summed E-state index contributed by atoms with van der Waals surface area (Å²) in [4.78, 5) is 12.2. The van der Waals surface area contributed by atoms with Gasteiger partial charge in [0.25, 0.3) is 0 Å². The average molecular weight is 292 g/mol. The standard InChI is InChI=1S/C17H24O4/c1-12-9-15(19-2)17(16(10-12)20-3)21-11-14(18)13-7-5-4-6-8-13/h9-10,13H,4-8,11H2,1-3H3. The van der Waals surface area contributed by atoms with Crippen LogP contribution in [0, 0.1) is 12.8 Å². The van der Waals surface area contributed by atoms with Gasteiger partial charge in [0.1, 0.15) is 6.61 Å². The van der Waals surface area contributed by atoms with Crippen LogP contribution in [-0.4, -0.2) is 26.6 Å². The lowest BCUT2D eigenvalue weighted by Crippen LogP contribution is -2.23. The molecule has 0 aromatic heterocycles. The molecular weight excluding hydrogens is 268 g/mol. The molecule has 0 aliphatic heterocycles. The maximum atomic E-state index is 12.2. The molecule has 0 amide bonds. The Hall–Kier alpha value is -1.71. The van der Waals surface area contributed by atoms with Crippen molar-refractivity contribution < 1.29 is 19.0 Å². The number of rotatable bonds is 6. The summed E-state index contributed by atoms with van der Waals surface area (Å²) in [6.45, 7) is 2.04. The molecule has 1 fully saturated rings. The van der Waals surface area contributed by atoms with Crippen LogP contribution in [0.15, 0.2) is 12.1 Å². The van der Waals surface area contributed by atoms with E-state index in [9.17, 15) is 4.79 Å². The molecular formula is C17H24O4. The highest BCUT2D eigenvalue weighted by atomic mass is 16.5. The Morgan fingerprint density at radius 3 is 2.19 bits per heavy atom. The molecule has 116 valence electrons. The third-order valence-corrected chi connectivity index (χ3v) is 4.02. The number of ether oxygens (including phenoxy) is 3. The fraction of sp³-hybridized carbons (Fsp3) is 0.588. The Balaban J connectivity index is 2.06. The molecule has 2 rings (SSSR count). The van der Waals surface area contributed by atoms with E-state index in [2.05, 4.69) is 0 Å². The van der Waals surface area contributed by atoms with Crippen LogP contribution in [0.5, 0.6) is 17.2 Å². The van der Waals surface area contributed by atoms with Crippen molar-refractivity contribution in [1.29, 1.82) is 0 Å². The van der Waals surface area contributed by atoms with E-state index in [4.69, 9.17) is 14.2 Å². The largest absolute Gasteiger partial charge is 0.493 e. The van der Waals surface area contributed by atoms with Crippen molar-refractivity contribution in [3.05, 3.63) is 17.7 Å². The van der Waals surface area contributed by atoms with Crippen molar-refractivity contribution in [2.45, 2.75) is 39.0 Å². The van der Waals surface area contributed by atoms with Crippen molar-refractivity contribution in [3.8, 4) is 17.2 Å². The molecule has 0 unspecified atom stereocenters. The molecule has 0 atom stereocenters. The van der Waals surface area contributed by atoms with Crippen LogP contribution in [-0.2, 0) is 4.79 Å². The van der Waals surface area contributed by atoms with Crippen LogP contribution < -0.4 is 14.2 Å². The number of ketones is 1. The number of methoxy groups -OCH3 is 2. The second-order valence-electron chi connectivity index (χ2n) is 5.59. The van der Waals surface area contributed by atoms with E-state index in [0.29, 0.717) is 17.2 Å². The zero-order valence-electron chi connectivity index (χ0n) is 13.1. The minimum Gasteiger partial charge on any atom is -0.493 e. The first-order valence-electron chi connectivity index (χ1n) is 7.54. The van der Waals surface area contributed by atoms with Gasteiger partial charge < -0.3 is 14.2 Å². The summed E-state index contributed by atoms with van der Waals surface area (Å²) < 4.78 is 16.4. The number of hydrogen-bond donors (Lipinski definition) is 0. The molecule has 21 heavy (non-hydrogen) atoms. The summed E-state index contributed by atoms with van der Waals surface area (Å²) in [5.41, 5.74) is 1.02. The van der Waals surface area contributed by atoms with Gasteiger partial charge in [-0.3, -0.25) is 4.79 Å². The number of carbonyl (C=O) groups excluding carboxylic acids is 1. The molecule has 0 saturated heterocycles. The van der Waals surface area contributed by atoms with Gasteiger partial charge in [0.05, 0.1) is 14.2 Å². The van der Waals surface area contributed by atoms with E-state index >= 15 is 0 Å². The van der Waals surface area contributed by atoms with Crippen molar-refractivity contribution in [2.75, 3.05) is 20.8 Å². The lowest BCUT2D eigenvalue weighted by molar-refractivity contribution is -0.125. The van der Waals surface area contributed by atoms with Gasteiger partial charge in [-0.15, -0.1) is 0 Å². The number of Topliss-reactive ketones (excluding diaryl/α,β-unsaturated/α-hetero) is 1. The maximum Gasteiger partial charge on any atom is 0.203 e. The van der Waals surface area contributed by atoms with Gasteiger partial charge in [0, 0.05) is 5.92 Å². The van der Waals surface area contributed by atoms with E-state index in [1.54, 1.807) is 14.2 Å². The predicted octanol–water partition coefficient (Wildman–Crippen LogP) is 3.54. The molecule has 4 nitrogen and oxygen atoms in total. The zero-order chi connectivity index (χ0) is 15.2. The summed E-state index contributed by atoms with van der Waals surface area (Å²) in [6.07, 6.45) is 5.51. The highest BCUT2D eigenvalue weighted by Crippen LogP contribution is 2.38. The van der Waals surface area contributed by atoms with Crippen LogP contribution in [0.4, 0.5) is 0 Å². The summed E-state index contributed by atoms with van der Waals surface area (Å²) in [5.74, 6) is 2.04. The van der Waals surface area contributed by atoms with E-state index in [0.717, 1.165) is 31.2 Å². The maximum absolute atomic E-state index is 12.2. The third-order valence-electron chi connectivity index (χ3n) is 4.02. The van der Waals surface area contributed by atoms with Crippen molar-refractivity contribution in [2.24, 2.45) is 5.92 Å². The summed E-state index contributed by atoms with van der Waals surface area (Å²) >= 11 is 0. The van der Waals surface area contributed by atoms with E-state index in [1.807, 2.05) is 19.1 Å². The number of benzene rings is 1. The summed E-state index contributed by atoms with van der Waals surface area (Å²) in [7, 11) is 3.17. The molecule has 4 heteroatoms. The Bertz CT molecular complexity index is 465. The van der Waals surface area contributed by atoms with E-state index in [1.165, 1.54) is 6.42 Å². The normalized spacial score (nSPS) is 15.6. The van der Waals surface area contributed by atoms with Crippen LogP contribution in [0.2, 0.25) is 0 Å². The second-order valence-corrected chi connectivity index (χ2v) is 5.59. The fourth-order valence-corrected chi connectivity index (χ4v) is 2.84. The van der Waals surface area contributed by atoms with Gasteiger partial charge >= 0.3 is 0 Å². The average Bonchev–Trinajstić information content (AvgIpc) is 2.53. The molecule has 0 spiro atoms. The first kappa shape index (κ1) is 15.7. The van der Waals surface area contributed by atoms with E-state index < -0.39 is 0 Å². The van der Waals surface area contributed by atoms with E-state index in [-0.39, 0.29) is 18.3 Å². The molecule has 1 saturated carbocycles. The van der Waals surface area contributed by atoms with Gasteiger partial charge in [-0.05, 0) is 37.5 Å². The molecule has 1 aromatic carbocycles. The first-order chi connectivity index (χ1) is 10.2. The molecule has 0 bridgehead atoms. The first-order valence-corrected chi connectivity index (χ1v) is 7.54. The number of aryl methyl sites for hydroxylation is 1. The van der Waals surface area contributed by atoms with Crippen LogP contribution >= 0.6 is 0 Å². The van der Waals surface area contributed by atoms with Crippen molar-refractivity contribution >= 4 is 5.78 Å². The molecule has 1 aliphatic rings. The van der Waals surface area contributed by atoms with Crippen LogP contribution in [0.25, 0.3) is 0 Å².